The van der Waals surface area contributed by atoms with Gasteiger partial charge in [-0.2, -0.15) is 0 Å². The molecule has 0 radical (unpaired) electrons. The van der Waals surface area contributed by atoms with Crippen molar-refractivity contribution in [2.75, 3.05) is 18.0 Å². The molecule has 0 bridgehead atoms. The van der Waals surface area contributed by atoms with E-state index in [2.05, 4.69) is 34.7 Å². The fraction of sp³-hybridized carbons (Fsp3) is 0.462. The summed E-state index contributed by atoms with van der Waals surface area (Å²) in [6.07, 6.45) is 1.18. The number of nitrogens with one attached hydrogen (secondary N) is 1. The molecule has 0 saturated carbocycles. The molecule has 3 nitrogen and oxygen atoms in total. The van der Waals surface area contributed by atoms with E-state index in [0.29, 0.717) is 5.41 Å². The Morgan fingerprint density at radius 2 is 2.18 bits per heavy atom. The number of nitrogens with two attached hydrogens (primary N) is 1. The van der Waals surface area contributed by atoms with Crippen molar-refractivity contribution in [3.8, 4) is 0 Å². The Kier molecular flexibility index (Phi) is 3.17. The van der Waals surface area contributed by atoms with Gasteiger partial charge in [-0.15, -0.1) is 0 Å². The van der Waals surface area contributed by atoms with Gasteiger partial charge in [0.25, 0.3) is 0 Å². The second-order valence-corrected chi connectivity index (χ2v) is 6.33. The van der Waals surface area contributed by atoms with E-state index < -0.39 is 0 Å². The van der Waals surface area contributed by atoms with Gasteiger partial charge in [-0.25, -0.2) is 0 Å². The lowest BCUT2D eigenvalue weighted by atomic mass is 9.93. The SMILES string of the molecule is CC1(C)CCN(c2ccc(Br)cc2C(=N)N)C1. The van der Waals surface area contributed by atoms with Gasteiger partial charge in [0, 0.05) is 28.8 Å². The number of halogens is 1. The summed E-state index contributed by atoms with van der Waals surface area (Å²) in [5.41, 5.74) is 7.89. The Balaban J connectivity index is 2.36. The van der Waals surface area contributed by atoms with E-state index in [9.17, 15) is 0 Å². The highest BCUT2D eigenvalue weighted by Crippen LogP contribution is 2.34. The van der Waals surface area contributed by atoms with Crippen LogP contribution in [-0.2, 0) is 0 Å². The van der Waals surface area contributed by atoms with Crippen molar-refractivity contribution in [1.29, 1.82) is 5.41 Å². The lowest BCUT2D eigenvalue weighted by Crippen LogP contribution is -2.26. The van der Waals surface area contributed by atoms with Crippen LogP contribution in [-0.4, -0.2) is 18.9 Å². The second kappa shape index (κ2) is 4.33. The summed E-state index contributed by atoms with van der Waals surface area (Å²) >= 11 is 3.42. The topological polar surface area (TPSA) is 53.1 Å². The van der Waals surface area contributed by atoms with Gasteiger partial charge in [-0.3, -0.25) is 5.41 Å². The van der Waals surface area contributed by atoms with Gasteiger partial charge < -0.3 is 10.6 Å². The van der Waals surface area contributed by atoms with E-state index in [1.54, 1.807) is 0 Å². The van der Waals surface area contributed by atoms with Gasteiger partial charge in [-0.05, 0) is 30.0 Å². The number of nitrogens with zero attached hydrogens (tertiary/aromatic N) is 1. The van der Waals surface area contributed by atoms with E-state index in [0.717, 1.165) is 28.8 Å². The van der Waals surface area contributed by atoms with Crippen LogP contribution in [0.2, 0.25) is 0 Å². The van der Waals surface area contributed by atoms with Gasteiger partial charge in [0.05, 0.1) is 0 Å². The van der Waals surface area contributed by atoms with Gasteiger partial charge in [0.2, 0.25) is 0 Å². The number of rotatable bonds is 2. The van der Waals surface area contributed by atoms with Crippen LogP contribution >= 0.6 is 15.9 Å². The van der Waals surface area contributed by atoms with Crippen molar-refractivity contribution >= 4 is 27.5 Å². The van der Waals surface area contributed by atoms with Crippen LogP contribution < -0.4 is 10.6 Å². The molecule has 3 N–H and O–H groups in total. The van der Waals surface area contributed by atoms with Crippen molar-refractivity contribution in [2.45, 2.75) is 20.3 Å². The molecule has 1 aromatic carbocycles. The first-order valence-electron chi connectivity index (χ1n) is 5.78. The predicted octanol–water partition coefficient (Wildman–Crippen LogP) is 2.97. The molecule has 0 aliphatic carbocycles. The fourth-order valence-corrected chi connectivity index (χ4v) is 2.68. The van der Waals surface area contributed by atoms with Crippen molar-refractivity contribution < 1.29 is 0 Å². The maximum absolute atomic E-state index is 7.67. The normalized spacial score (nSPS) is 18.4. The lowest BCUT2D eigenvalue weighted by molar-refractivity contribution is 0.418. The first-order valence-corrected chi connectivity index (χ1v) is 6.57. The number of nitrogen functional groups attached to an aromatic ring is 1. The highest BCUT2D eigenvalue weighted by Gasteiger charge is 2.30. The summed E-state index contributed by atoms with van der Waals surface area (Å²) < 4.78 is 0.963. The summed E-state index contributed by atoms with van der Waals surface area (Å²) in [6.45, 7) is 6.61. The third kappa shape index (κ3) is 2.63. The van der Waals surface area contributed by atoms with E-state index >= 15 is 0 Å². The predicted molar refractivity (Wildman–Crippen MR) is 75.8 cm³/mol. The largest absolute Gasteiger partial charge is 0.384 e. The molecule has 1 fully saturated rings. The maximum Gasteiger partial charge on any atom is 0.124 e. The van der Waals surface area contributed by atoms with Gasteiger partial charge >= 0.3 is 0 Å². The van der Waals surface area contributed by atoms with Crippen LogP contribution in [0.1, 0.15) is 25.8 Å². The van der Waals surface area contributed by atoms with Crippen LogP contribution in [0.3, 0.4) is 0 Å². The highest BCUT2D eigenvalue weighted by molar-refractivity contribution is 9.10. The summed E-state index contributed by atoms with van der Waals surface area (Å²) in [7, 11) is 0. The lowest BCUT2D eigenvalue weighted by Gasteiger charge is -2.24. The molecule has 1 saturated heterocycles. The molecule has 1 aliphatic heterocycles. The molecule has 0 amide bonds. The quantitative estimate of drug-likeness (QED) is 0.651. The van der Waals surface area contributed by atoms with Crippen LogP contribution in [0.4, 0.5) is 5.69 Å². The van der Waals surface area contributed by atoms with Crippen molar-refractivity contribution in [1.82, 2.24) is 0 Å². The average molecular weight is 296 g/mol. The molecule has 17 heavy (non-hydrogen) atoms. The molecule has 2 rings (SSSR count). The number of anilines is 1. The molecule has 1 aromatic rings. The Morgan fingerprint density at radius 1 is 1.47 bits per heavy atom. The standard InChI is InChI=1S/C13H18BrN3/c1-13(2)5-6-17(8-13)11-4-3-9(14)7-10(11)12(15)16/h3-4,7H,5-6,8H2,1-2H3,(H3,15,16). The molecule has 0 spiro atoms. The van der Waals surface area contributed by atoms with Gasteiger partial charge in [0.15, 0.2) is 0 Å². The maximum atomic E-state index is 7.67. The van der Waals surface area contributed by atoms with Crippen molar-refractivity contribution in [3.05, 3.63) is 28.2 Å². The minimum absolute atomic E-state index is 0.131. The Morgan fingerprint density at radius 3 is 2.71 bits per heavy atom. The highest BCUT2D eigenvalue weighted by atomic mass is 79.9. The Hall–Kier alpha value is -1.03. The smallest absolute Gasteiger partial charge is 0.124 e. The van der Waals surface area contributed by atoms with Crippen LogP contribution in [0.15, 0.2) is 22.7 Å². The zero-order chi connectivity index (χ0) is 12.6. The second-order valence-electron chi connectivity index (χ2n) is 5.41. The van der Waals surface area contributed by atoms with Crippen LogP contribution in [0.5, 0.6) is 0 Å². The monoisotopic (exact) mass is 295 g/mol. The Bertz CT molecular complexity index is 454. The van der Waals surface area contributed by atoms with E-state index in [-0.39, 0.29) is 5.84 Å². The zero-order valence-corrected chi connectivity index (χ0v) is 11.8. The zero-order valence-electron chi connectivity index (χ0n) is 10.3. The molecule has 0 atom stereocenters. The van der Waals surface area contributed by atoms with Gasteiger partial charge in [0.1, 0.15) is 5.84 Å². The van der Waals surface area contributed by atoms with Gasteiger partial charge in [-0.1, -0.05) is 29.8 Å². The van der Waals surface area contributed by atoms with Crippen LogP contribution in [0.25, 0.3) is 0 Å². The molecular weight excluding hydrogens is 278 g/mol. The minimum atomic E-state index is 0.131. The van der Waals surface area contributed by atoms with Crippen molar-refractivity contribution in [2.24, 2.45) is 11.1 Å². The molecule has 0 unspecified atom stereocenters. The Labute approximate surface area is 111 Å². The summed E-state index contributed by atoms with van der Waals surface area (Å²) in [5, 5.41) is 7.67. The third-order valence-electron chi connectivity index (χ3n) is 3.27. The third-order valence-corrected chi connectivity index (χ3v) is 3.76. The number of hydrogen-bond donors (Lipinski definition) is 2. The summed E-state index contributed by atoms with van der Waals surface area (Å²) in [6, 6.07) is 5.97. The number of hydrogen-bond acceptors (Lipinski definition) is 2. The fourth-order valence-electron chi connectivity index (χ4n) is 2.32. The molecular formula is C13H18BrN3. The van der Waals surface area contributed by atoms with E-state index in [1.807, 2.05) is 18.2 Å². The van der Waals surface area contributed by atoms with E-state index in [4.69, 9.17) is 11.1 Å². The first kappa shape index (κ1) is 12.4. The average Bonchev–Trinajstić information content (AvgIpc) is 2.58. The van der Waals surface area contributed by atoms with E-state index in [1.165, 1.54) is 6.42 Å². The molecule has 1 heterocycles. The molecule has 0 aromatic heterocycles. The van der Waals surface area contributed by atoms with Crippen molar-refractivity contribution in [3.63, 3.8) is 0 Å². The molecule has 4 heteroatoms. The minimum Gasteiger partial charge on any atom is -0.384 e. The van der Waals surface area contributed by atoms with Crippen LogP contribution in [0, 0.1) is 10.8 Å². The molecule has 92 valence electrons. The summed E-state index contributed by atoms with van der Waals surface area (Å²) in [4.78, 5) is 2.32. The molecule has 1 aliphatic rings. The first-order chi connectivity index (χ1) is 7.89. The number of amidine groups is 1. The number of benzene rings is 1. The summed E-state index contributed by atoms with van der Waals surface area (Å²) in [5.74, 6) is 0.131.